The number of methoxy groups -OCH3 is 1. The van der Waals surface area contributed by atoms with E-state index in [1.807, 2.05) is 62.4 Å². The molecule has 1 atom stereocenters. The predicted molar refractivity (Wildman–Crippen MR) is 103 cm³/mol. The average Bonchev–Trinajstić information content (AvgIpc) is 3.05. The molecule has 0 bridgehead atoms. The molecule has 1 aliphatic rings. The summed E-state index contributed by atoms with van der Waals surface area (Å²) in [5.41, 5.74) is 2.73. The molecule has 5 heteroatoms. The molecule has 1 fully saturated rings. The predicted octanol–water partition coefficient (Wildman–Crippen LogP) is 3.41. The normalized spacial score (nSPS) is 16.7. The van der Waals surface area contributed by atoms with E-state index in [0.717, 1.165) is 16.9 Å². The van der Waals surface area contributed by atoms with E-state index in [4.69, 9.17) is 4.74 Å². The van der Waals surface area contributed by atoms with E-state index in [1.165, 1.54) is 0 Å². The molecule has 0 N–H and O–H groups in total. The maximum absolute atomic E-state index is 13.1. The number of aryl methyl sites for hydroxylation is 1. The summed E-state index contributed by atoms with van der Waals surface area (Å²) in [6.07, 6.45) is 0.235. The highest BCUT2D eigenvalue weighted by Gasteiger charge is 2.37. The van der Waals surface area contributed by atoms with Crippen molar-refractivity contribution in [3.8, 4) is 5.75 Å². The summed E-state index contributed by atoms with van der Waals surface area (Å²) in [5.74, 6) is 0.325. The number of nitrogens with zero attached hydrogens (tertiary/aromatic N) is 2. The molecule has 0 radical (unpaired) electrons. The van der Waals surface area contributed by atoms with Gasteiger partial charge in [0.15, 0.2) is 0 Å². The number of para-hydroxylation sites is 1. The molecule has 2 amide bonds. The van der Waals surface area contributed by atoms with Gasteiger partial charge in [-0.1, -0.05) is 24.3 Å². The summed E-state index contributed by atoms with van der Waals surface area (Å²) in [5, 5.41) is 0. The van der Waals surface area contributed by atoms with E-state index in [9.17, 15) is 9.59 Å². The summed E-state index contributed by atoms with van der Waals surface area (Å²) in [6, 6.07) is 15.2. The molecule has 1 aliphatic heterocycles. The number of ether oxygens (including phenoxy) is 1. The molecule has 136 valence electrons. The van der Waals surface area contributed by atoms with Crippen molar-refractivity contribution >= 4 is 23.2 Å². The standard InChI is InChI=1S/C21H24N2O3/c1-4-22(19-11-6-5-8-15(19)2)21(25)16-12-20(24)23(14-16)17-9-7-10-18(13-17)26-3/h5-11,13,16H,4,12,14H2,1-3H3/t16-/m0/s1. The van der Waals surface area contributed by atoms with E-state index in [-0.39, 0.29) is 24.2 Å². The minimum Gasteiger partial charge on any atom is -0.497 e. The molecule has 0 saturated carbocycles. The molecule has 5 nitrogen and oxygen atoms in total. The molecule has 26 heavy (non-hydrogen) atoms. The van der Waals surface area contributed by atoms with Crippen molar-refractivity contribution in [2.45, 2.75) is 20.3 Å². The van der Waals surface area contributed by atoms with Gasteiger partial charge in [-0.25, -0.2) is 0 Å². The molecular formula is C21H24N2O3. The summed E-state index contributed by atoms with van der Waals surface area (Å²) >= 11 is 0. The lowest BCUT2D eigenvalue weighted by Gasteiger charge is -2.26. The number of hydrogen-bond donors (Lipinski definition) is 0. The Bertz CT molecular complexity index is 818. The Balaban J connectivity index is 1.81. The molecule has 1 heterocycles. The smallest absolute Gasteiger partial charge is 0.232 e. The third kappa shape index (κ3) is 3.43. The third-order valence-corrected chi connectivity index (χ3v) is 4.83. The Hall–Kier alpha value is -2.82. The first-order valence-electron chi connectivity index (χ1n) is 8.86. The zero-order valence-corrected chi connectivity index (χ0v) is 15.4. The van der Waals surface area contributed by atoms with Gasteiger partial charge in [-0.15, -0.1) is 0 Å². The van der Waals surface area contributed by atoms with Crippen molar-refractivity contribution in [3.05, 3.63) is 54.1 Å². The van der Waals surface area contributed by atoms with Gasteiger partial charge in [-0.3, -0.25) is 9.59 Å². The Labute approximate surface area is 154 Å². The van der Waals surface area contributed by atoms with Crippen LogP contribution in [-0.4, -0.2) is 32.0 Å². The van der Waals surface area contributed by atoms with E-state index >= 15 is 0 Å². The van der Waals surface area contributed by atoms with Crippen LogP contribution in [0.4, 0.5) is 11.4 Å². The van der Waals surface area contributed by atoms with Gasteiger partial charge in [0, 0.05) is 37.0 Å². The Morgan fingerprint density at radius 2 is 2.00 bits per heavy atom. The van der Waals surface area contributed by atoms with Gasteiger partial charge in [0.25, 0.3) is 0 Å². The maximum atomic E-state index is 13.1. The van der Waals surface area contributed by atoms with Crippen molar-refractivity contribution in [1.29, 1.82) is 0 Å². The lowest BCUT2D eigenvalue weighted by Crippen LogP contribution is -2.37. The van der Waals surface area contributed by atoms with Crippen molar-refractivity contribution in [1.82, 2.24) is 0 Å². The summed E-state index contributed by atoms with van der Waals surface area (Å²) < 4.78 is 5.24. The number of benzene rings is 2. The molecule has 0 aliphatic carbocycles. The maximum Gasteiger partial charge on any atom is 0.232 e. The van der Waals surface area contributed by atoms with Crippen LogP contribution in [-0.2, 0) is 9.59 Å². The molecule has 0 unspecified atom stereocenters. The quantitative estimate of drug-likeness (QED) is 0.829. The first-order valence-corrected chi connectivity index (χ1v) is 8.86. The van der Waals surface area contributed by atoms with Crippen LogP contribution in [0, 0.1) is 12.8 Å². The third-order valence-electron chi connectivity index (χ3n) is 4.83. The van der Waals surface area contributed by atoms with E-state index in [2.05, 4.69) is 0 Å². The molecule has 0 spiro atoms. The van der Waals surface area contributed by atoms with Crippen LogP contribution in [0.25, 0.3) is 0 Å². The second-order valence-electron chi connectivity index (χ2n) is 6.48. The van der Waals surface area contributed by atoms with Gasteiger partial charge in [0.05, 0.1) is 13.0 Å². The first kappa shape index (κ1) is 18.0. The van der Waals surface area contributed by atoms with E-state index < -0.39 is 0 Å². The summed E-state index contributed by atoms with van der Waals surface area (Å²) in [7, 11) is 1.60. The fourth-order valence-electron chi connectivity index (χ4n) is 3.43. The van der Waals surface area contributed by atoms with Gasteiger partial charge in [0.2, 0.25) is 11.8 Å². The zero-order valence-electron chi connectivity index (χ0n) is 15.4. The van der Waals surface area contributed by atoms with Crippen molar-refractivity contribution in [2.24, 2.45) is 5.92 Å². The van der Waals surface area contributed by atoms with E-state index in [1.54, 1.807) is 16.9 Å². The fraction of sp³-hybridized carbons (Fsp3) is 0.333. The molecule has 3 rings (SSSR count). The second kappa shape index (κ2) is 7.60. The highest BCUT2D eigenvalue weighted by Crippen LogP contribution is 2.30. The molecule has 1 saturated heterocycles. The van der Waals surface area contributed by atoms with Crippen molar-refractivity contribution in [3.63, 3.8) is 0 Å². The minimum atomic E-state index is -0.340. The Morgan fingerprint density at radius 3 is 2.69 bits per heavy atom. The van der Waals surface area contributed by atoms with Crippen LogP contribution in [0.1, 0.15) is 18.9 Å². The number of anilines is 2. The fourth-order valence-corrected chi connectivity index (χ4v) is 3.43. The highest BCUT2D eigenvalue weighted by molar-refractivity contribution is 6.04. The molecule has 0 aromatic heterocycles. The topological polar surface area (TPSA) is 49.9 Å². The van der Waals surface area contributed by atoms with Crippen LogP contribution >= 0.6 is 0 Å². The van der Waals surface area contributed by atoms with Crippen LogP contribution in [0.5, 0.6) is 5.75 Å². The van der Waals surface area contributed by atoms with Crippen molar-refractivity contribution in [2.75, 3.05) is 30.0 Å². The molecule has 2 aromatic rings. The minimum absolute atomic E-state index is 0.000506. The zero-order chi connectivity index (χ0) is 18.7. The van der Waals surface area contributed by atoms with Gasteiger partial charge < -0.3 is 14.5 Å². The first-order chi connectivity index (χ1) is 12.5. The largest absolute Gasteiger partial charge is 0.497 e. The number of carbonyl (C=O) groups is 2. The lowest BCUT2D eigenvalue weighted by atomic mass is 10.1. The Kier molecular flexibility index (Phi) is 5.26. The van der Waals surface area contributed by atoms with Crippen LogP contribution < -0.4 is 14.5 Å². The SMILES string of the molecule is CCN(C(=O)[C@H]1CC(=O)N(c2cccc(OC)c2)C1)c1ccccc1C. The number of rotatable bonds is 5. The summed E-state index contributed by atoms with van der Waals surface area (Å²) in [4.78, 5) is 29.1. The van der Waals surface area contributed by atoms with Crippen LogP contribution in [0.2, 0.25) is 0 Å². The number of amides is 2. The molecular weight excluding hydrogens is 328 g/mol. The van der Waals surface area contributed by atoms with Gasteiger partial charge in [-0.2, -0.15) is 0 Å². The number of carbonyl (C=O) groups excluding carboxylic acids is 2. The lowest BCUT2D eigenvalue weighted by molar-refractivity contribution is -0.124. The highest BCUT2D eigenvalue weighted by atomic mass is 16.5. The average molecular weight is 352 g/mol. The van der Waals surface area contributed by atoms with Crippen LogP contribution in [0.3, 0.4) is 0 Å². The van der Waals surface area contributed by atoms with Gasteiger partial charge in [0.1, 0.15) is 5.75 Å². The second-order valence-corrected chi connectivity index (χ2v) is 6.48. The Morgan fingerprint density at radius 1 is 1.23 bits per heavy atom. The van der Waals surface area contributed by atoms with Crippen molar-refractivity contribution < 1.29 is 14.3 Å². The van der Waals surface area contributed by atoms with Gasteiger partial charge >= 0.3 is 0 Å². The van der Waals surface area contributed by atoms with Gasteiger partial charge in [-0.05, 0) is 37.6 Å². The molecule has 2 aromatic carbocycles. The summed E-state index contributed by atoms with van der Waals surface area (Å²) in [6.45, 7) is 4.93. The monoisotopic (exact) mass is 352 g/mol. The van der Waals surface area contributed by atoms with E-state index in [0.29, 0.717) is 18.8 Å². The van der Waals surface area contributed by atoms with Crippen LogP contribution in [0.15, 0.2) is 48.5 Å². The number of hydrogen-bond acceptors (Lipinski definition) is 3.